The van der Waals surface area contributed by atoms with E-state index in [0.717, 1.165) is 39.0 Å². The smallest absolute Gasteiger partial charge is 0.0794 e. The molecule has 2 heterocycles. The van der Waals surface area contributed by atoms with Gasteiger partial charge in [-0.1, -0.05) is 0 Å². The number of nitrogens with zero attached hydrogens (tertiary/aromatic N) is 1. The molecule has 18 heavy (non-hydrogen) atoms. The molecule has 0 amide bonds. The van der Waals surface area contributed by atoms with Crippen LogP contribution in [0.3, 0.4) is 0 Å². The summed E-state index contributed by atoms with van der Waals surface area (Å²) in [6.07, 6.45) is 3.34. The van der Waals surface area contributed by atoms with Crippen molar-refractivity contribution in [3.05, 3.63) is 16.6 Å². The molecule has 0 saturated carbocycles. The maximum Gasteiger partial charge on any atom is 0.0794 e. The van der Waals surface area contributed by atoms with Gasteiger partial charge in [0.25, 0.3) is 0 Å². The predicted molar refractivity (Wildman–Crippen MR) is 76.1 cm³/mol. The lowest BCUT2D eigenvalue weighted by Crippen LogP contribution is -2.47. The summed E-state index contributed by atoms with van der Waals surface area (Å²) >= 11 is 1.69. The van der Waals surface area contributed by atoms with Crippen LogP contribution in [0.15, 0.2) is 10.9 Å². The van der Waals surface area contributed by atoms with Crippen LogP contribution in [-0.4, -0.2) is 30.3 Å². The third kappa shape index (κ3) is 4.04. The summed E-state index contributed by atoms with van der Waals surface area (Å²) in [5.41, 5.74) is 3.66. The highest BCUT2D eigenvalue weighted by Gasteiger charge is 2.34. The molecule has 0 unspecified atom stereocenters. The first-order chi connectivity index (χ1) is 8.49. The molecule has 3 nitrogen and oxygen atoms in total. The van der Waals surface area contributed by atoms with Gasteiger partial charge in [0, 0.05) is 30.7 Å². The van der Waals surface area contributed by atoms with E-state index in [-0.39, 0.29) is 5.54 Å². The Labute approximate surface area is 114 Å². The second kappa shape index (κ2) is 5.68. The van der Waals surface area contributed by atoms with Crippen molar-refractivity contribution in [1.82, 2.24) is 10.3 Å². The van der Waals surface area contributed by atoms with E-state index in [4.69, 9.17) is 4.74 Å². The zero-order valence-electron chi connectivity index (χ0n) is 11.7. The molecule has 1 saturated heterocycles. The van der Waals surface area contributed by atoms with Gasteiger partial charge in [-0.15, -0.1) is 11.3 Å². The summed E-state index contributed by atoms with van der Waals surface area (Å²) in [6, 6.07) is 0. The molecule has 0 bridgehead atoms. The molecule has 1 aromatic rings. The van der Waals surface area contributed by atoms with E-state index in [1.807, 2.05) is 5.51 Å². The zero-order chi connectivity index (χ0) is 13.1. The Morgan fingerprint density at radius 3 is 2.67 bits per heavy atom. The van der Waals surface area contributed by atoms with Crippen LogP contribution in [-0.2, 0) is 11.2 Å². The van der Waals surface area contributed by atoms with Crippen molar-refractivity contribution in [1.29, 1.82) is 0 Å². The minimum atomic E-state index is 0.174. The number of rotatable bonds is 4. The molecule has 0 aliphatic carbocycles. The fraction of sp³-hybridized carbons (Fsp3) is 0.786. The Bertz CT molecular complexity index is 350. The average molecular weight is 268 g/mol. The van der Waals surface area contributed by atoms with Crippen molar-refractivity contribution in [3.8, 4) is 0 Å². The number of thiazole rings is 1. The van der Waals surface area contributed by atoms with E-state index in [0.29, 0.717) is 5.41 Å². The summed E-state index contributed by atoms with van der Waals surface area (Å²) < 4.78 is 5.53. The lowest BCUT2D eigenvalue weighted by molar-refractivity contribution is 0.0117. The number of hydrogen-bond acceptors (Lipinski definition) is 4. The molecule has 1 aromatic heterocycles. The lowest BCUT2D eigenvalue weighted by atomic mass is 9.76. The molecule has 1 fully saturated rings. The third-order valence-corrected chi connectivity index (χ3v) is 4.22. The normalized spacial score (nSPS) is 19.9. The molecule has 1 aliphatic rings. The Balaban J connectivity index is 2.02. The molecular weight excluding hydrogens is 244 g/mol. The van der Waals surface area contributed by atoms with Crippen molar-refractivity contribution >= 4 is 11.3 Å². The molecule has 4 heteroatoms. The SMILES string of the molecule is CC(C)(C)NCC1(Cc2cscn2)CCOCC1. The van der Waals surface area contributed by atoms with E-state index < -0.39 is 0 Å². The second-order valence-corrected chi connectivity index (χ2v) is 7.09. The Morgan fingerprint density at radius 1 is 1.39 bits per heavy atom. The summed E-state index contributed by atoms with van der Waals surface area (Å²) in [4.78, 5) is 4.45. The Kier molecular flexibility index (Phi) is 4.41. The van der Waals surface area contributed by atoms with Crippen LogP contribution in [0.5, 0.6) is 0 Å². The van der Waals surface area contributed by atoms with E-state index in [2.05, 4.69) is 36.5 Å². The Morgan fingerprint density at radius 2 is 2.11 bits per heavy atom. The molecule has 1 N–H and O–H groups in total. The van der Waals surface area contributed by atoms with Crippen LogP contribution in [0.1, 0.15) is 39.3 Å². The van der Waals surface area contributed by atoms with E-state index in [9.17, 15) is 0 Å². The van der Waals surface area contributed by atoms with Gasteiger partial charge in [0.15, 0.2) is 0 Å². The maximum absolute atomic E-state index is 5.53. The summed E-state index contributed by atoms with van der Waals surface area (Å²) in [7, 11) is 0. The molecule has 102 valence electrons. The van der Waals surface area contributed by atoms with Crippen molar-refractivity contribution in [2.24, 2.45) is 5.41 Å². The fourth-order valence-corrected chi connectivity index (χ4v) is 2.94. The van der Waals surface area contributed by atoms with Crippen molar-refractivity contribution < 1.29 is 4.74 Å². The highest BCUT2D eigenvalue weighted by atomic mass is 32.1. The van der Waals surface area contributed by atoms with Gasteiger partial charge in [-0.25, -0.2) is 4.98 Å². The zero-order valence-corrected chi connectivity index (χ0v) is 12.5. The van der Waals surface area contributed by atoms with Crippen LogP contribution >= 0.6 is 11.3 Å². The van der Waals surface area contributed by atoms with Gasteiger partial charge < -0.3 is 10.1 Å². The van der Waals surface area contributed by atoms with E-state index >= 15 is 0 Å². The van der Waals surface area contributed by atoms with Gasteiger partial charge >= 0.3 is 0 Å². The third-order valence-electron chi connectivity index (χ3n) is 3.59. The van der Waals surface area contributed by atoms with Crippen molar-refractivity contribution in [2.45, 2.75) is 45.6 Å². The first-order valence-electron chi connectivity index (χ1n) is 6.69. The largest absolute Gasteiger partial charge is 0.381 e. The van der Waals surface area contributed by atoms with Crippen LogP contribution in [0.25, 0.3) is 0 Å². The highest BCUT2D eigenvalue weighted by Crippen LogP contribution is 2.34. The minimum Gasteiger partial charge on any atom is -0.381 e. The molecule has 0 radical (unpaired) electrons. The maximum atomic E-state index is 5.53. The van der Waals surface area contributed by atoms with E-state index in [1.165, 1.54) is 5.69 Å². The van der Waals surface area contributed by atoms with Gasteiger partial charge in [0.1, 0.15) is 0 Å². The summed E-state index contributed by atoms with van der Waals surface area (Å²) in [5.74, 6) is 0. The highest BCUT2D eigenvalue weighted by molar-refractivity contribution is 7.07. The molecular formula is C14H24N2OS. The van der Waals surface area contributed by atoms with Gasteiger partial charge in [0.05, 0.1) is 11.2 Å². The van der Waals surface area contributed by atoms with Crippen LogP contribution in [0, 0.1) is 5.41 Å². The quantitative estimate of drug-likeness (QED) is 0.912. The first kappa shape index (κ1) is 14.0. The average Bonchev–Trinajstić information content (AvgIpc) is 2.80. The summed E-state index contributed by atoms with van der Waals surface area (Å²) in [6.45, 7) is 9.50. The molecule has 0 aromatic carbocycles. The standard InChI is InChI=1S/C14H24N2OS/c1-13(2,3)16-10-14(4-6-17-7-5-14)8-12-9-18-11-15-12/h9,11,16H,4-8,10H2,1-3H3. The van der Waals surface area contributed by atoms with Gasteiger partial charge in [-0.05, 0) is 45.4 Å². The fourth-order valence-electron chi connectivity index (χ4n) is 2.38. The van der Waals surface area contributed by atoms with E-state index in [1.54, 1.807) is 11.3 Å². The minimum absolute atomic E-state index is 0.174. The van der Waals surface area contributed by atoms with Crippen molar-refractivity contribution in [3.63, 3.8) is 0 Å². The van der Waals surface area contributed by atoms with Crippen LogP contribution in [0.4, 0.5) is 0 Å². The predicted octanol–water partition coefficient (Wildman–Crippen LogP) is 2.87. The van der Waals surface area contributed by atoms with Gasteiger partial charge in [0.2, 0.25) is 0 Å². The van der Waals surface area contributed by atoms with Crippen LogP contribution < -0.4 is 5.32 Å². The number of nitrogens with one attached hydrogen (secondary N) is 1. The molecule has 0 spiro atoms. The van der Waals surface area contributed by atoms with Crippen LogP contribution in [0.2, 0.25) is 0 Å². The lowest BCUT2D eigenvalue weighted by Gasteiger charge is -2.39. The molecule has 2 rings (SSSR count). The topological polar surface area (TPSA) is 34.2 Å². The van der Waals surface area contributed by atoms with Crippen molar-refractivity contribution in [2.75, 3.05) is 19.8 Å². The molecule has 0 atom stereocenters. The second-order valence-electron chi connectivity index (χ2n) is 6.37. The number of ether oxygens (including phenoxy) is 1. The van der Waals surface area contributed by atoms with Gasteiger partial charge in [-0.2, -0.15) is 0 Å². The molecule has 1 aliphatic heterocycles. The number of hydrogen-bond donors (Lipinski definition) is 1. The first-order valence-corrected chi connectivity index (χ1v) is 7.63. The monoisotopic (exact) mass is 268 g/mol. The Hall–Kier alpha value is -0.450. The van der Waals surface area contributed by atoms with Gasteiger partial charge in [-0.3, -0.25) is 0 Å². The summed E-state index contributed by atoms with van der Waals surface area (Å²) in [5, 5.41) is 5.84. The number of aromatic nitrogens is 1.